The fraction of sp³-hybridized carbons (Fsp3) is 0.763. The minimum absolute atomic E-state index is 0.0522. The van der Waals surface area contributed by atoms with Crippen molar-refractivity contribution in [2.24, 2.45) is 5.73 Å². The molecule has 0 bridgehead atoms. The Balaban J connectivity index is 4.56. The van der Waals surface area contributed by atoms with Gasteiger partial charge in [-0.3, -0.25) is 23.4 Å². The van der Waals surface area contributed by atoms with Crippen LogP contribution < -0.4 is 5.73 Å². The van der Waals surface area contributed by atoms with Gasteiger partial charge in [0.1, 0.15) is 12.6 Å². The zero-order chi connectivity index (χ0) is 37.1. The Morgan fingerprint density at radius 3 is 1.66 bits per heavy atom. The molecule has 4 N–H and O–H groups in total. The summed E-state index contributed by atoms with van der Waals surface area (Å²) in [7, 11) is -4.72. The molecular formula is C38H68NO10P. The van der Waals surface area contributed by atoms with Gasteiger partial charge in [-0.25, -0.2) is 4.57 Å². The highest BCUT2D eigenvalue weighted by Crippen LogP contribution is 2.43. The molecule has 0 fully saturated rings. The van der Waals surface area contributed by atoms with Crippen LogP contribution in [0.4, 0.5) is 0 Å². The Labute approximate surface area is 302 Å². The van der Waals surface area contributed by atoms with Gasteiger partial charge in [0.05, 0.1) is 13.2 Å². The van der Waals surface area contributed by atoms with Crippen LogP contribution in [0, 0.1) is 0 Å². The second-order valence-electron chi connectivity index (χ2n) is 12.7. The topological polar surface area (TPSA) is 172 Å². The molecule has 0 aliphatic heterocycles. The second-order valence-corrected chi connectivity index (χ2v) is 14.2. The summed E-state index contributed by atoms with van der Waals surface area (Å²) in [6.45, 7) is 2.68. The van der Waals surface area contributed by atoms with Gasteiger partial charge in [-0.15, -0.1) is 0 Å². The fourth-order valence-electron chi connectivity index (χ4n) is 4.82. The molecule has 50 heavy (non-hydrogen) atoms. The molecule has 0 spiro atoms. The number of carboxylic acid groups (broad SMARTS) is 1. The molecule has 11 nitrogen and oxygen atoms in total. The standard InChI is InChI=1S/C38H68NO10P/c1-3-5-7-9-11-13-15-17-19-21-23-25-27-29-36(40)46-31-34(32-47-50(44,45)48-33-35(39)38(42)43)49-37(41)30-28-26-24-22-20-18-16-14-12-10-8-6-4-2/h17-20,24,26,34-35H,3-16,21-23,25,27-33,39H2,1-2H3,(H,42,43)(H,44,45)/b19-17+,20-18+,26-24+/t34?,35-/m0/s1. The number of carbonyl (C=O) groups is 3. The molecule has 12 heteroatoms. The lowest BCUT2D eigenvalue weighted by Gasteiger charge is -2.20. The van der Waals surface area contributed by atoms with Crippen LogP contribution in [0.5, 0.6) is 0 Å². The molecule has 0 aromatic rings. The first kappa shape index (κ1) is 47.7. The molecule has 0 heterocycles. The number of rotatable bonds is 35. The smallest absolute Gasteiger partial charge is 0.472 e. The van der Waals surface area contributed by atoms with Crippen molar-refractivity contribution in [1.82, 2.24) is 0 Å². The fourth-order valence-corrected chi connectivity index (χ4v) is 5.59. The summed E-state index contributed by atoms with van der Waals surface area (Å²) in [6, 6.07) is -1.53. The average Bonchev–Trinajstić information content (AvgIpc) is 3.09. The number of aliphatic carboxylic acids is 1. The number of hydrogen-bond acceptors (Lipinski definition) is 9. The lowest BCUT2D eigenvalue weighted by atomic mass is 10.1. The number of ether oxygens (including phenoxy) is 2. The van der Waals surface area contributed by atoms with Gasteiger partial charge in [-0.05, 0) is 57.8 Å². The van der Waals surface area contributed by atoms with Gasteiger partial charge < -0.3 is 25.2 Å². The SMILES string of the molecule is CCCCCCCC/C=C/C/C=C/CCC(=O)OC(COC(=O)CCCCC/C=C/CCCCCCCC)COP(=O)(O)OC[C@H](N)C(=O)O. The van der Waals surface area contributed by atoms with E-state index in [1.165, 1.54) is 77.0 Å². The van der Waals surface area contributed by atoms with Crippen LogP contribution >= 0.6 is 7.82 Å². The molecule has 0 aromatic carbocycles. The second kappa shape index (κ2) is 33.8. The van der Waals surface area contributed by atoms with Crippen LogP contribution in [0.3, 0.4) is 0 Å². The predicted molar refractivity (Wildman–Crippen MR) is 199 cm³/mol. The lowest BCUT2D eigenvalue weighted by Crippen LogP contribution is -2.34. The summed E-state index contributed by atoms with van der Waals surface area (Å²) < 4.78 is 32.4. The van der Waals surface area contributed by atoms with Gasteiger partial charge >= 0.3 is 25.7 Å². The highest BCUT2D eigenvalue weighted by molar-refractivity contribution is 7.47. The summed E-state index contributed by atoms with van der Waals surface area (Å²) in [6.07, 6.45) is 33.8. The van der Waals surface area contributed by atoms with Gasteiger partial charge in [0, 0.05) is 12.8 Å². The molecule has 0 aliphatic carbocycles. The largest absolute Gasteiger partial charge is 0.480 e. The average molecular weight is 730 g/mol. The maximum Gasteiger partial charge on any atom is 0.472 e. The Bertz CT molecular complexity index is 1000. The van der Waals surface area contributed by atoms with Gasteiger partial charge in [-0.1, -0.05) is 121 Å². The highest BCUT2D eigenvalue weighted by Gasteiger charge is 2.28. The highest BCUT2D eigenvalue weighted by atomic mass is 31.2. The van der Waals surface area contributed by atoms with Crippen molar-refractivity contribution in [1.29, 1.82) is 0 Å². The molecule has 2 unspecified atom stereocenters. The van der Waals surface area contributed by atoms with E-state index in [1.807, 2.05) is 12.2 Å². The Kier molecular flexibility index (Phi) is 32.3. The summed E-state index contributed by atoms with van der Waals surface area (Å²) in [4.78, 5) is 45.6. The number of unbranched alkanes of at least 4 members (excludes halogenated alkanes) is 15. The third-order valence-corrected chi connectivity index (χ3v) is 8.82. The van der Waals surface area contributed by atoms with E-state index in [9.17, 15) is 23.8 Å². The van der Waals surface area contributed by atoms with Crippen molar-refractivity contribution >= 4 is 25.7 Å². The van der Waals surface area contributed by atoms with Crippen LogP contribution in [0.15, 0.2) is 36.5 Å². The molecule has 0 aromatic heterocycles. The van der Waals surface area contributed by atoms with Gasteiger partial charge in [-0.2, -0.15) is 0 Å². The van der Waals surface area contributed by atoms with E-state index in [1.54, 1.807) is 0 Å². The third kappa shape index (κ3) is 32.9. The molecule has 0 saturated carbocycles. The van der Waals surface area contributed by atoms with E-state index in [2.05, 4.69) is 42.7 Å². The Morgan fingerprint density at radius 1 is 0.620 bits per heavy atom. The first-order valence-electron chi connectivity index (χ1n) is 19.0. The molecule has 0 rings (SSSR count). The zero-order valence-corrected chi connectivity index (χ0v) is 31.9. The predicted octanol–water partition coefficient (Wildman–Crippen LogP) is 9.28. The van der Waals surface area contributed by atoms with Gasteiger partial charge in [0.15, 0.2) is 6.10 Å². The van der Waals surface area contributed by atoms with Crippen LogP contribution in [0.2, 0.25) is 0 Å². The summed E-state index contributed by atoms with van der Waals surface area (Å²) in [5.74, 6) is -2.49. The quantitative estimate of drug-likeness (QED) is 0.0246. The summed E-state index contributed by atoms with van der Waals surface area (Å²) in [5.41, 5.74) is 5.31. The number of carboxylic acids is 1. The van der Waals surface area contributed by atoms with Crippen molar-refractivity contribution in [2.45, 2.75) is 167 Å². The molecule has 0 amide bonds. The molecular weight excluding hydrogens is 661 g/mol. The third-order valence-electron chi connectivity index (χ3n) is 7.87. The van der Waals surface area contributed by atoms with Crippen molar-refractivity contribution in [2.75, 3.05) is 19.8 Å². The van der Waals surface area contributed by atoms with Crippen LogP contribution in [0.25, 0.3) is 0 Å². The van der Waals surface area contributed by atoms with Crippen LogP contribution in [-0.2, 0) is 37.5 Å². The number of phosphoric acid groups is 1. The zero-order valence-electron chi connectivity index (χ0n) is 31.0. The van der Waals surface area contributed by atoms with Crippen molar-refractivity contribution in [3.05, 3.63) is 36.5 Å². The van der Waals surface area contributed by atoms with Gasteiger partial charge in [0.25, 0.3) is 0 Å². The molecule has 290 valence electrons. The van der Waals surface area contributed by atoms with E-state index in [0.29, 0.717) is 12.8 Å². The Hall–Kier alpha value is -2.30. The van der Waals surface area contributed by atoms with E-state index >= 15 is 0 Å². The molecule has 3 atom stereocenters. The first-order valence-corrected chi connectivity index (χ1v) is 20.5. The van der Waals surface area contributed by atoms with Crippen LogP contribution in [0.1, 0.15) is 155 Å². The minimum atomic E-state index is -4.72. The monoisotopic (exact) mass is 729 g/mol. The molecule has 0 aliphatic rings. The van der Waals surface area contributed by atoms with Crippen molar-refractivity contribution in [3.63, 3.8) is 0 Å². The van der Waals surface area contributed by atoms with E-state index in [0.717, 1.165) is 38.5 Å². The van der Waals surface area contributed by atoms with E-state index in [-0.39, 0.29) is 19.4 Å². The number of esters is 2. The lowest BCUT2D eigenvalue weighted by molar-refractivity contribution is -0.161. The normalized spacial score (nSPS) is 14.3. The summed E-state index contributed by atoms with van der Waals surface area (Å²) in [5, 5.41) is 8.85. The maximum absolute atomic E-state index is 12.5. The summed E-state index contributed by atoms with van der Waals surface area (Å²) >= 11 is 0. The van der Waals surface area contributed by atoms with Gasteiger partial charge in [0.2, 0.25) is 0 Å². The number of nitrogens with two attached hydrogens (primary N) is 1. The molecule has 0 saturated heterocycles. The van der Waals surface area contributed by atoms with Crippen molar-refractivity contribution < 1.29 is 47.5 Å². The minimum Gasteiger partial charge on any atom is -0.480 e. The Morgan fingerprint density at radius 2 is 1.10 bits per heavy atom. The maximum atomic E-state index is 12.5. The van der Waals surface area contributed by atoms with E-state index in [4.69, 9.17) is 24.8 Å². The number of carbonyl (C=O) groups excluding carboxylic acids is 2. The first-order chi connectivity index (χ1) is 24.1. The van der Waals surface area contributed by atoms with Crippen LogP contribution in [-0.4, -0.2) is 59.9 Å². The number of allylic oxidation sites excluding steroid dienone is 6. The van der Waals surface area contributed by atoms with E-state index < -0.39 is 51.1 Å². The number of hydrogen-bond donors (Lipinski definition) is 3. The van der Waals surface area contributed by atoms with Crippen molar-refractivity contribution in [3.8, 4) is 0 Å². The molecule has 0 radical (unpaired) electrons. The number of phosphoric ester groups is 1.